The van der Waals surface area contributed by atoms with E-state index in [1.54, 1.807) is 6.07 Å². The molecule has 33 heavy (non-hydrogen) atoms. The van der Waals surface area contributed by atoms with Crippen molar-refractivity contribution in [1.82, 2.24) is 0 Å². The second-order valence-electron chi connectivity index (χ2n) is 10.2. The highest BCUT2D eigenvalue weighted by Crippen LogP contribution is 2.34. The first-order valence-corrected chi connectivity index (χ1v) is 13.5. The third-order valence-corrected chi connectivity index (χ3v) is 7.65. The summed E-state index contributed by atoms with van der Waals surface area (Å²) in [4.78, 5) is 0. The fourth-order valence-electron chi connectivity index (χ4n) is 5.40. The van der Waals surface area contributed by atoms with E-state index in [1.165, 1.54) is 102 Å². The van der Waals surface area contributed by atoms with Crippen molar-refractivity contribution in [2.45, 2.75) is 103 Å². The second-order valence-corrected chi connectivity index (χ2v) is 10.2. The molecule has 1 fully saturated rings. The predicted octanol–water partition coefficient (Wildman–Crippen LogP) is 9.63. The Labute approximate surface area is 201 Å². The summed E-state index contributed by atoms with van der Waals surface area (Å²) in [6.07, 6.45) is 21.0. The summed E-state index contributed by atoms with van der Waals surface area (Å²) in [6, 6.07) is 15.2. The van der Waals surface area contributed by atoms with Crippen molar-refractivity contribution < 1.29 is 4.39 Å². The number of nitriles is 1. The predicted molar refractivity (Wildman–Crippen MR) is 138 cm³/mol. The Balaban J connectivity index is 1.31. The van der Waals surface area contributed by atoms with E-state index in [4.69, 9.17) is 5.26 Å². The van der Waals surface area contributed by atoms with Gasteiger partial charge in [0.25, 0.3) is 0 Å². The summed E-state index contributed by atoms with van der Waals surface area (Å²) in [5.74, 6) is 1.41. The molecular weight excluding hydrogens is 405 g/mol. The minimum Gasteiger partial charge on any atom is -0.206 e. The maximum Gasteiger partial charge on any atom is 0.141 e. The second kappa shape index (κ2) is 14.2. The average Bonchev–Trinajstić information content (AvgIpc) is 2.85. The van der Waals surface area contributed by atoms with Gasteiger partial charge in [0.05, 0.1) is 5.56 Å². The van der Waals surface area contributed by atoms with E-state index in [0.29, 0.717) is 0 Å². The highest BCUT2D eigenvalue weighted by molar-refractivity contribution is 5.64. The van der Waals surface area contributed by atoms with Crippen LogP contribution in [0, 0.1) is 29.0 Å². The van der Waals surface area contributed by atoms with Gasteiger partial charge in [-0.15, -0.1) is 0 Å². The lowest BCUT2D eigenvalue weighted by Crippen LogP contribution is -2.15. The van der Waals surface area contributed by atoms with E-state index >= 15 is 0 Å². The quantitative estimate of drug-likeness (QED) is 0.280. The van der Waals surface area contributed by atoms with Gasteiger partial charge >= 0.3 is 0 Å². The maximum atomic E-state index is 13.9. The van der Waals surface area contributed by atoms with E-state index < -0.39 is 5.82 Å². The van der Waals surface area contributed by atoms with Gasteiger partial charge in [0.1, 0.15) is 11.9 Å². The lowest BCUT2D eigenvalue weighted by molar-refractivity contribution is 0.248. The summed E-state index contributed by atoms with van der Waals surface area (Å²) in [5.41, 5.74) is 3.30. The van der Waals surface area contributed by atoms with Crippen molar-refractivity contribution in [1.29, 1.82) is 5.26 Å². The van der Waals surface area contributed by atoms with Crippen molar-refractivity contribution in [2.75, 3.05) is 0 Å². The summed E-state index contributed by atoms with van der Waals surface area (Å²) < 4.78 is 13.9. The number of benzene rings is 2. The van der Waals surface area contributed by atoms with Crippen LogP contribution in [-0.4, -0.2) is 0 Å². The Morgan fingerprint density at radius 2 is 1.33 bits per heavy atom. The Morgan fingerprint density at radius 3 is 1.94 bits per heavy atom. The number of rotatable bonds is 13. The van der Waals surface area contributed by atoms with Crippen LogP contribution < -0.4 is 0 Å². The lowest BCUT2D eigenvalue weighted by atomic mass is 9.77. The van der Waals surface area contributed by atoms with Crippen molar-refractivity contribution in [3.63, 3.8) is 0 Å². The molecule has 1 aliphatic rings. The minimum atomic E-state index is -0.447. The van der Waals surface area contributed by atoms with Gasteiger partial charge in [-0.3, -0.25) is 0 Å². The lowest BCUT2D eigenvalue weighted by Gasteiger charge is -2.28. The topological polar surface area (TPSA) is 23.8 Å². The van der Waals surface area contributed by atoms with E-state index in [9.17, 15) is 4.39 Å². The molecular formula is C31H42FN. The Kier molecular flexibility index (Phi) is 11.0. The molecule has 0 saturated heterocycles. The Morgan fingerprint density at radius 1 is 0.758 bits per heavy atom. The third-order valence-electron chi connectivity index (χ3n) is 7.65. The van der Waals surface area contributed by atoms with Crippen molar-refractivity contribution in [3.8, 4) is 17.2 Å². The number of nitrogens with zero attached hydrogens (tertiary/aromatic N) is 1. The Hall–Kier alpha value is -2.14. The molecule has 0 heterocycles. The SMILES string of the molecule is CCCCCCCCCC[C@H]1CC[C@H](CCc2ccc(-c3ccc(C#N)c(F)c3)cc2)CC1. The van der Waals surface area contributed by atoms with Crippen LogP contribution in [0.4, 0.5) is 4.39 Å². The first kappa shape index (κ1) is 25.5. The molecule has 0 atom stereocenters. The zero-order valence-corrected chi connectivity index (χ0v) is 20.6. The molecule has 1 saturated carbocycles. The van der Waals surface area contributed by atoms with Gasteiger partial charge in [0.15, 0.2) is 0 Å². The number of hydrogen-bond donors (Lipinski definition) is 0. The van der Waals surface area contributed by atoms with Gasteiger partial charge in [0, 0.05) is 0 Å². The first-order chi connectivity index (χ1) is 16.2. The molecule has 178 valence electrons. The molecule has 2 aromatic carbocycles. The van der Waals surface area contributed by atoms with Crippen molar-refractivity contribution >= 4 is 0 Å². The Bertz CT molecular complexity index is 855. The fraction of sp³-hybridized carbons (Fsp3) is 0.581. The molecule has 0 bridgehead atoms. The van der Waals surface area contributed by atoms with Crippen LogP contribution in [0.25, 0.3) is 11.1 Å². The normalized spacial score (nSPS) is 18.2. The third kappa shape index (κ3) is 8.62. The monoisotopic (exact) mass is 447 g/mol. The smallest absolute Gasteiger partial charge is 0.141 e. The molecule has 2 heteroatoms. The largest absolute Gasteiger partial charge is 0.206 e. The van der Waals surface area contributed by atoms with Crippen LogP contribution in [0.1, 0.15) is 108 Å². The molecule has 3 rings (SSSR count). The van der Waals surface area contributed by atoms with E-state index in [-0.39, 0.29) is 5.56 Å². The van der Waals surface area contributed by atoms with Gasteiger partial charge in [-0.05, 0) is 53.5 Å². The molecule has 0 unspecified atom stereocenters. The molecule has 1 aliphatic carbocycles. The molecule has 0 amide bonds. The van der Waals surface area contributed by atoms with Crippen LogP contribution >= 0.6 is 0 Å². The molecule has 1 nitrogen and oxygen atoms in total. The van der Waals surface area contributed by atoms with E-state index in [2.05, 4.69) is 31.2 Å². The van der Waals surface area contributed by atoms with Gasteiger partial charge in [-0.1, -0.05) is 121 Å². The highest BCUT2D eigenvalue weighted by atomic mass is 19.1. The molecule has 0 radical (unpaired) electrons. The van der Waals surface area contributed by atoms with Crippen LogP contribution in [0.2, 0.25) is 0 Å². The zero-order valence-electron chi connectivity index (χ0n) is 20.6. The standard InChI is InChI=1S/C31H42FN/c1-2-3-4-5-6-7-8-9-10-25-11-13-26(14-12-25)15-16-27-17-19-28(20-18-27)29-21-22-30(24-33)31(32)23-29/h17-23,25-26H,2-16H2,1H3/t25-,26-. The highest BCUT2D eigenvalue weighted by Gasteiger charge is 2.20. The minimum absolute atomic E-state index is 0.0999. The number of hydrogen-bond acceptors (Lipinski definition) is 1. The molecule has 2 aromatic rings. The summed E-state index contributed by atoms with van der Waals surface area (Å²) in [6.45, 7) is 2.29. The number of halogens is 1. The van der Waals surface area contributed by atoms with E-state index in [1.807, 2.05) is 12.1 Å². The van der Waals surface area contributed by atoms with Gasteiger partial charge in [-0.25, -0.2) is 4.39 Å². The van der Waals surface area contributed by atoms with E-state index in [0.717, 1.165) is 29.4 Å². The van der Waals surface area contributed by atoms with Crippen molar-refractivity contribution in [2.24, 2.45) is 11.8 Å². The maximum absolute atomic E-state index is 13.9. The van der Waals surface area contributed by atoms with Crippen molar-refractivity contribution in [3.05, 3.63) is 59.4 Å². The zero-order chi connectivity index (χ0) is 23.3. The van der Waals surface area contributed by atoms with Crippen LogP contribution in [0.15, 0.2) is 42.5 Å². The fourth-order valence-corrected chi connectivity index (χ4v) is 5.40. The average molecular weight is 448 g/mol. The van der Waals surface area contributed by atoms with Crippen LogP contribution in [0.5, 0.6) is 0 Å². The summed E-state index contributed by atoms with van der Waals surface area (Å²) >= 11 is 0. The van der Waals surface area contributed by atoms with Gasteiger partial charge in [0.2, 0.25) is 0 Å². The summed E-state index contributed by atoms with van der Waals surface area (Å²) in [7, 11) is 0. The number of aryl methyl sites for hydroxylation is 1. The summed E-state index contributed by atoms with van der Waals surface area (Å²) in [5, 5.41) is 8.90. The van der Waals surface area contributed by atoms with Gasteiger partial charge < -0.3 is 0 Å². The molecule has 0 N–H and O–H groups in total. The molecule has 0 aliphatic heterocycles. The first-order valence-electron chi connectivity index (χ1n) is 13.5. The van der Waals surface area contributed by atoms with Crippen LogP contribution in [0.3, 0.4) is 0 Å². The van der Waals surface area contributed by atoms with Gasteiger partial charge in [-0.2, -0.15) is 5.26 Å². The molecule has 0 spiro atoms. The van der Waals surface area contributed by atoms with Crippen LogP contribution in [-0.2, 0) is 6.42 Å². The molecule has 0 aromatic heterocycles. The number of unbranched alkanes of at least 4 members (excludes halogenated alkanes) is 7.